The quantitative estimate of drug-likeness (QED) is 0.147. The van der Waals surface area contributed by atoms with Crippen LogP contribution in [0.3, 0.4) is 0 Å². The van der Waals surface area contributed by atoms with E-state index in [0.717, 1.165) is 6.54 Å². The zero-order valence-electron chi connectivity index (χ0n) is 19.8. The van der Waals surface area contributed by atoms with Crippen LogP contribution in [-0.2, 0) is 0 Å². The molecular formula is C24H47NSiSn. The van der Waals surface area contributed by atoms with Gasteiger partial charge in [-0.2, -0.15) is 0 Å². The number of hydrogen-bond acceptors (Lipinski definition) is 1. The Bertz CT molecular complexity index is 481. The minimum atomic E-state index is -2.37. The van der Waals surface area contributed by atoms with E-state index in [1.165, 1.54) is 51.8 Å². The molecule has 0 aliphatic heterocycles. The summed E-state index contributed by atoms with van der Waals surface area (Å²) in [5, 5.41) is 0. The van der Waals surface area contributed by atoms with Crippen LogP contribution < -0.4 is 0 Å². The molecular weight excluding hydrogens is 449 g/mol. The normalized spacial score (nSPS) is 13.3. The molecule has 0 saturated carbocycles. The molecule has 0 heterocycles. The van der Waals surface area contributed by atoms with E-state index >= 15 is 0 Å². The number of allylic oxidation sites excluding steroid dienone is 3. The summed E-state index contributed by atoms with van der Waals surface area (Å²) in [6.07, 6.45) is 15.4. The molecule has 0 fully saturated rings. The predicted octanol–water partition coefficient (Wildman–Crippen LogP) is 7.30. The third-order valence-corrected chi connectivity index (χ3v) is 21.8. The van der Waals surface area contributed by atoms with Crippen molar-refractivity contribution in [3.8, 4) is 11.5 Å². The van der Waals surface area contributed by atoms with Crippen LogP contribution in [0.2, 0.25) is 33.0 Å². The van der Waals surface area contributed by atoms with E-state index in [-0.39, 0.29) is 0 Å². The summed E-state index contributed by atoms with van der Waals surface area (Å²) in [5.74, 6) is 3.39. The predicted molar refractivity (Wildman–Crippen MR) is 132 cm³/mol. The molecule has 0 aromatic rings. The zero-order valence-corrected chi connectivity index (χ0v) is 23.6. The van der Waals surface area contributed by atoms with Crippen LogP contribution in [-0.4, -0.2) is 52.0 Å². The zero-order chi connectivity index (χ0) is 20.8. The molecule has 0 N–H and O–H groups in total. The van der Waals surface area contributed by atoms with Gasteiger partial charge in [-0.15, -0.1) is 0 Å². The average molecular weight is 496 g/mol. The van der Waals surface area contributed by atoms with Crippen molar-refractivity contribution in [3.05, 3.63) is 21.8 Å². The van der Waals surface area contributed by atoms with Gasteiger partial charge in [-0.05, 0) is 0 Å². The molecule has 1 nitrogen and oxygen atoms in total. The molecule has 0 rings (SSSR count). The summed E-state index contributed by atoms with van der Waals surface area (Å²) in [6, 6.07) is 0. The molecule has 3 heteroatoms. The molecule has 156 valence electrons. The van der Waals surface area contributed by atoms with Crippen LogP contribution in [0.5, 0.6) is 0 Å². The van der Waals surface area contributed by atoms with Crippen LogP contribution >= 0.6 is 0 Å². The molecule has 27 heavy (non-hydrogen) atoms. The topological polar surface area (TPSA) is 3.24 Å². The van der Waals surface area contributed by atoms with E-state index in [1.807, 2.05) is 0 Å². The van der Waals surface area contributed by atoms with Gasteiger partial charge in [0.25, 0.3) is 0 Å². The van der Waals surface area contributed by atoms with Gasteiger partial charge >= 0.3 is 178 Å². The summed E-state index contributed by atoms with van der Waals surface area (Å²) in [5.41, 5.74) is 3.51. The number of nitrogens with zero attached hydrogens (tertiary/aromatic N) is 1. The molecule has 0 bridgehead atoms. The number of rotatable bonds is 13. The Balaban J connectivity index is 5.90. The summed E-state index contributed by atoms with van der Waals surface area (Å²) in [6.45, 7) is 15.1. The first-order chi connectivity index (χ1) is 12.7. The third-order valence-electron chi connectivity index (χ3n) is 5.11. The first-order valence-corrected chi connectivity index (χ1v) is 22.2. The molecule has 0 atom stereocenters. The van der Waals surface area contributed by atoms with Crippen molar-refractivity contribution < 1.29 is 0 Å². The standard InChI is InChI=1S/C12H20NSi.3C4H9.Sn/c1-13(2)11-9-7-6-8-10-12-14(3,4)5;3*1-3-4-2;/h6,8-9H,11H2,1-5H3;3*1,3-4H2,2H3;/b8-6-,9-7?;;;;. The van der Waals surface area contributed by atoms with Crippen molar-refractivity contribution in [2.45, 2.75) is 92.2 Å². The molecule has 0 aromatic heterocycles. The van der Waals surface area contributed by atoms with Crippen molar-refractivity contribution in [1.29, 1.82) is 0 Å². The van der Waals surface area contributed by atoms with Crippen molar-refractivity contribution in [2.24, 2.45) is 0 Å². The van der Waals surface area contributed by atoms with E-state index in [4.69, 9.17) is 0 Å². The SMILES string of the molecule is CCC[CH2][Sn]([CH2]CCC)([CH2]CCC)[C](/C=C\C#C[Si](C)(C)C)=C/CN(C)C. The van der Waals surface area contributed by atoms with Gasteiger partial charge in [-0.3, -0.25) is 0 Å². The summed E-state index contributed by atoms with van der Waals surface area (Å²) < 4.78 is 6.32. The molecule has 0 radical (unpaired) electrons. The van der Waals surface area contributed by atoms with E-state index in [9.17, 15) is 0 Å². The third kappa shape index (κ3) is 13.0. The Kier molecular flexibility index (Phi) is 14.9. The molecule has 0 aliphatic rings. The summed E-state index contributed by atoms with van der Waals surface area (Å²) in [4.78, 5) is 2.30. The Morgan fingerprint density at radius 2 is 1.37 bits per heavy atom. The Morgan fingerprint density at radius 3 is 1.74 bits per heavy atom. The summed E-state index contributed by atoms with van der Waals surface area (Å²) >= 11 is -2.37. The fraction of sp³-hybridized carbons (Fsp3) is 0.750. The molecule has 0 aliphatic carbocycles. The minimum absolute atomic E-state index is 1.06. The molecule has 0 aromatic carbocycles. The van der Waals surface area contributed by atoms with Gasteiger partial charge in [0.2, 0.25) is 0 Å². The Morgan fingerprint density at radius 1 is 0.889 bits per heavy atom. The number of hydrogen-bond donors (Lipinski definition) is 0. The second-order valence-electron chi connectivity index (χ2n) is 9.37. The van der Waals surface area contributed by atoms with Gasteiger partial charge in [0.1, 0.15) is 0 Å². The van der Waals surface area contributed by atoms with Crippen LogP contribution in [0, 0.1) is 11.5 Å². The number of likely N-dealkylation sites (N-methyl/N-ethyl adjacent to an activating group) is 1. The average Bonchev–Trinajstić information content (AvgIpc) is 2.60. The van der Waals surface area contributed by atoms with Gasteiger partial charge < -0.3 is 0 Å². The second kappa shape index (κ2) is 14.9. The van der Waals surface area contributed by atoms with Crippen LogP contribution in [0.25, 0.3) is 0 Å². The van der Waals surface area contributed by atoms with Gasteiger partial charge in [-0.1, -0.05) is 0 Å². The molecule has 0 saturated heterocycles. The second-order valence-corrected chi connectivity index (χ2v) is 27.4. The van der Waals surface area contributed by atoms with E-state index in [1.54, 1.807) is 3.59 Å². The fourth-order valence-corrected chi connectivity index (χ4v) is 20.2. The Labute approximate surface area is 177 Å². The van der Waals surface area contributed by atoms with Crippen molar-refractivity contribution in [3.63, 3.8) is 0 Å². The van der Waals surface area contributed by atoms with Crippen molar-refractivity contribution >= 4 is 26.5 Å². The summed E-state index contributed by atoms with van der Waals surface area (Å²) in [7, 11) is 3.07. The van der Waals surface area contributed by atoms with E-state index in [2.05, 4.69) is 89.1 Å². The first kappa shape index (κ1) is 27.0. The first-order valence-electron chi connectivity index (χ1n) is 11.3. The molecule has 0 unspecified atom stereocenters. The van der Waals surface area contributed by atoms with Gasteiger partial charge in [0, 0.05) is 0 Å². The molecule has 0 amide bonds. The maximum absolute atomic E-state index is 3.51. The van der Waals surface area contributed by atoms with E-state index < -0.39 is 26.5 Å². The van der Waals surface area contributed by atoms with Gasteiger partial charge in [-0.25, -0.2) is 0 Å². The van der Waals surface area contributed by atoms with E-state index in [0.29, 0.717) is 0 Å². The van der Waals surface area contributed by atoms with Crippen LogP contribution in [0.4, 0.5) is 0 Å². The fourth-order valence-electron chi connectivity index (χ4n) is 3.49. The maximum atomic E-state index is 3.51. The van der Waals surface area contributed by atoms with Gasteiger partial charge in [0.15, 0.2) is 0 Å². The van der Waals surface area contributed by atoms with Crippen LogP contribution in [0.15, 0.2) is 21.8 Å². The van der Waals surface area contributed by atoms with Crippen LogP contribution in [0.1, 0.15) is 59.3 Å². The van der Waals surface area contributed by atoms with Crippen molar-refractivity contribution in [2.75, 3.05) is 20.6 Å². The monoisotopic (exact) mass is 497 g/mol. The molecule has 0 spiro atoms. The van der Waals surface area contributed by atoms with Gasteiger partial charge in [0.05, 0.1) is 0 Å². The van der Waals surface area contributed by atoms with Crippen molar-refractivity contribution in [1.82, 2.24) is 4.90 Å². The Hall–Kier alpha value is 0.0156. The number of unbranched alkanes of at least 4 members (excludes halogenated alkanes) is 3.